The zero-order chi connectivity index (χ0) is 19.8. The molecule has 1 aliphatic rings. The van der Waals surface area contributed by atoms with Crippen LogP contribution in [0.4, 0.5) is 0 Å². The van der Waals surface area contributed by atoms with Crippen LogP contribution < -0.4 is 10.6 Å². The largest absolute Gasteiger partial charge is 0.466 e. The summed E-state index contributed by atoms with van der Waals surface area (Å²) in [6, 6.07) is 6.51. The third-order valence-corrected chi connectivity index (χ3v) is 4.79. The fourth-order valence-electron chi connectivity index (χ4n) is 2.74. The highest BCUT2D eigenvalue weighted by Crippen LogP contribution is 2.16. The van der Waals surface area contributed by atoms with E-state index in [9.17, 15) is 14.4 Å². The summed E-state index contributed by atoms with van der Waals surface area (Å²) in [4.78, 5) is 37.7. The number of rotatable bonds is 6. The highest BCUT2D eigenvalue weighted by molar-refractivity contribution is 7.80. The van der Waals surface area contributed by atoms with E-state index in [1.54, 1.807) is 17.9 Å². The molecule has 1 fully saturated rings. The van der Waals surface area contributed by atoms with Crippen LogP contribution in [-0.2, 0) is 25.5 Å². The van der Waals surface area contributed by atoms with Crippen LogP contribution >= 0.6 is 23.8 Å². The molecule has 2 rings (SSSR count). The third-order valence-electron chi connectivity index (χ3n) is 4.08. The molecule has 1 aliphatic heterocycles. The van der Waals surface area contributed by atoms with Crippen LogP contribution in [0.5, 0.6) is 0 Å². The molecule has 0 saturated carbocycles. The molecule has 1 saturated heterocycles. The van der Waals surface area contributed by atoms with Crippen molar-refractivity contribution < 1.29 is 19.1 Å². The van der Waals surface area contributed by atoms with Gasteiger partial charge < -0.3 is 20.3 Å². The molecule has 146 valence electrons. The molecule has 0 radical (unpaired) electrons. The van der Waals surface area contributed by atoms with E-state index < -0.39 is 12.0 Å². The second kappa shape index (κ2) is 10.2. The molecule has 2 N–H and O–H groups in total. The highest BCUT2D eigenvalue weighted by atomic mass is 35.5. The van der Waals surface area contributed by atoms with Gasteiger partial charge in [-0.25, -0.2) is 0 Å². The minimum Gasteiger partial charge on any atom is -0.466 e. The molecule has 9 heteroatoms. The number of piperazine rings is 1. The van der Waals surface area contributed by atoms with Gasteiger partial charge in [0.1, 0.15) is 6.04 Å². The van der Waals surface area contributed by atoms with Crippen LogP contribution in [-0.4, -0.2) is 53.5 Å². The van der Waals surface area contributed by atoms with Crippen LogP contribution in [0.3, 0.4) is 0 Å². The van der Waals surface area contributed by atoms with Gasteiger partial charge in [0, 0.05) is 24.5 Å². The first-order valence-corrected chi connectivity index (χ1v) is 9.48. The van der Waals surface area contributed by atoms with Crippen LogP contribution in [0.25, 0.3) is 0 Å². The maximum absolute atomic E-state index is 12.2. The predicted molar refractivity (Wildman–Crippen MR) is 105 cm³/mol. The average Bonchev–Trinajstić information content (AvgIpc) is 2.63. The Morgan fingerprint density at radius 1 is 1.41 bits per heavy atom. The number of thiocarbonyl (C=S) groups is 1. The topological polar surface area (TPSA) is 87.7 Å². The number of benzene rings is 1. The Labute approximate surface area is 168 Å². The van der Waals surface area contributed by atoms with Gasteiger partial charge in [-0.3, -0.25) is 14.4 Å². The fraction of sp³-hybridized carbons (Fsp3) is 0.444. The maximum Gasteiger partial charge on any atom is 0.308 e. The van der Waals surface area contributed by atoms with E-state index in [0.717, 1.165) is 5.56 Å². The molecule has 2 amide bonds. The molecular weight excluding hydrogens is 390 g/mol. The van der Waals surface area contributed by atoms with Gasteiger partial charge in [-0.1, -0.05) is 29.8 Å². The van der Waals surface area contributed by atoms with Gasteiger partial charge >= 0.3 is 5.97 Å². The van der Waals surface area contributed by atoms with Gasteiger partial charge in [-0.15, -0.1) is 0 Å². The van der Waals surface area contributed by atoms with Crippen molar-refractivity contribution in [3.63, 3.8) is 0 Å². The lowest BCUT2D eigenvalue weighted by atomic mass is 10.1. The van der Waals surface area contributed by atoms with E-state index in [0.29, 0.717) is 24.5 Å². The van der Waals surface area contributed by atoms with E-state index in [1.165, 1.54) is 0 Å². The van der Waals surface area contributed by atoms with Gasteiger partial charge in [0.15, 0.2) is 5.11 Å². The lowest BCUT2D eigenvalue weighted by Gasteiger charge is -2.36. The molecule has 1 unspecified atom stereocenters. The molecule has 1 atom stereocenters. The van der Waals surface area contributed by atoms with Gasteiger partial charge in [-0.05, 0) is 37.2 Å². The molecule has 0 bridgehead atoms. The first kappa shape index (κ1) is 21.1. The summed E-state index contributed by atoms with van der Waals surface area (Å²) >= 11 is 11.4. The lowest BCUT2D eigenvalue weighted by molar-refractivity contribution is -0.147. The number of amides is 2. The molecule has 7 nitrogen and oxygen atoms in total. The van der Waals surface area contributed by atoms with Crippen LogP contribution in [0.2, 0.25) is 5.02 Å². The van der Waals surface area contributed by atoms with Crippen molar-refractivity contribution in [2.75, 3.05) is 19.7 Å². The zero-order valence-electron chi connectivity index (χ0n) is 15.0. The number of nitrogens with one attached hydrogen (secondary N) is 2. The molecule has 1 heterocycles. The standard InChI is InChI=1S/C18H22ClN3O4S/c1-2-26-16(24)11-14-17(25)20-9-10-22(14)18(27)21-15(23)8-7-12-5-3-4-6-13(12)19/h3-6,14H,2,7-11H2,1H3,(H,20,25)(H,21,23,27). The number of ether oxygens (including phenoxy) is 1. The van der Waals surface area contributed by atoms with Crippen molar-refractivity contribution in [3.05, 3.63) is 34.9 Å². The number of hydrogen-bond acceptors (Lipinski definition) is 5. The summed E-state index contributed by atoms with van der Waals surface area (Å²) in [6.45, 7) is 2.71. The van der Waals surface area contributed by atoms with Crippen molar-refractivity contribution in [2.45, 2.75) is 32.2 Å². The van der Waals surface area contributed by atoms with Crippen molar-refractivity contribution >= 4 is 46.7 Å². The maximum atomic E-state index is 12.2. The first-order valence-electron chi connectivity index (χ1n) is 8.69. The SMILES string of the molecule is CCOC(=O)CC1C(=O)NCCN1C(=S)NC(=O)CCc1ccccc1Cl. The van der Waals surface area contributed by atoms with Crippen molar-refractivity contribution in [1.29, 1.82) is 0 Å². The number of esters is 1. The molecule has 27 heavy (non-hydrogen) atoms. The Morgan fingerprint density at radius 3 is 2.85 bits per heavy atom. The second-order valence-corrected chi connectivity index (χ2v) is 6.75. The number of nitrogens with zero attached hydrogens (tertiary/aromatic N) is 1. The Morgan fingerprint density at radius 2 is 2.15 bits per heavy atom. The van der Waals surface area contributed by atoms with Gasteiger partial charge in [0.25, 0.3) is 0 Å². The average molecular weight is 412 g/mol. The number of carbonyl (C=O) groups is 3. The fourth-order valence-corrected chi connectivity index (χ4v) is 3.30. The molecular formula is C18H22ClN3O4S. The quantitative estimate of drug-likeness (QED) is 0.544. The predicted octanol–water partition coefficient (Wildman–Crippen LogP) is 1.43. The molecule has 0 aliphatic carbocycles. The van der Waals surface area contributed by atoms with Crippen molar-refractivity contribution in [1.82, 2.24) is 15.5 Å². The van der Waals surface area contributed by atoms with E-state index in [4.69, 9.17) is 28.6 Å². The summed E-state index contributed by atoms with van der Waals surface area (Å²) in [6.07, 6.45) is 0.544. The van der Waals surface area contributed by atoms with Gasteiger partial charge in [-0.2, -0.15) is 0 Å². The molecule has 1 aromatic rings. The van der Waals surface area contributed by atoms with E-state index in [-0.39, 0.29) is 36.4 Å². The van der Waals surface area contributed by atoms with Crippen molar-refractivity contribution in [2.24, 2.45) is 0 Å². The van der Waals surface area contributed by atoms with Crippen molar-refractivity contribution in [3.8, 4) is 0 Å². The minimum atomic E-state index is -0.797. The summed E-state index contributed by atoms with van der Waals surface area (Å²) in [5, 5.41) is 6.07. The van der Waals surface area contributed by atoms with Gasteiger partial charge in [0.05, 0.1) is 13.0 Å². The summed E-state index contributed by atoms with van der Waals surface area (Å²) in [7, 11) is 0. The highest BCUT2D eigenvalue weighted by Gasteiger charge is 2.34. The van der Waals surface area contributed by atoms with E-state index in [2.05, 4.69) is 10.6 Å². The first-order chi connectivity index (χ1) is 12.9. The Bertz CT molecular complexity index is 728. The molecule has 1 aromatic carbocycles. The van der Waals surface area contributed by atoms with Crippen LogP contribution in [0, 0.1) is 0 Å². The minimum absolute atomic E-state index is 0.128. The normalized spacial score (nSPS) is 16.4. The number of carbonyl (C=O) groups excluding carboxylic acids is 3. The van der Waals surface area contributed by atoms with E-state index in [1.807, 2.05) is 18.2 Å². The van der Waals surface area contributed by atoms with Crippen LogP contribution in [0.1, 0.15) is 25.3 Å². The monoisotopic (exact) mass is 411 g/mol. The van der Waals surface area contributed by atoms with Crippen LogP contribution in [0.15, 0.2) is 24.3 Å². The number of aryl methyl sites for hydroxylation is 1. The summed E-state index contributed by atoms with van der Waals surface area (Å²) < 4.78 is 4.91. The number of halogens is 1. The molecule has 0 aromatic heterocycles. The zero-order valence-corrected chi connectivity index (χ0v) is 16.6. The smallest absolute Gasteiger partial charge is 0.308 e. The second-order valence-electron chi connectivity index (χ2n) is 5.95. The summed E-state index contributed by atoms with van der Waals surface area (Å²) in [5.41, 5.74) is 0.873. The summed E-state index contributed by atoms with van der Waals surface area (Å²) in [5.74, 6) is -1.08. The third kappa shape index (κ3) is 6.18. The molecule has 0 spiro atoms. The lowest BCUT2D eigenvalue weighted by Crippen LogP contribution is -2.60. The Hall–Kier alpha value is -2.19. The Balaban J connectivity index is 1.93. The van der Waals surface area contributed by atoms with E-state index >= 15 is 0 Å². The Kier molecular flexibility index (Phi) is 7.99. The number of hydrogen-bond donors (Lipinski definition) is 2. The van der Waals surface area contributed by atoms with Gasteiger partial charge in [0.2, 0.25) is 11.8 Å².